The minimum atomic E-state index is 0.482. The average Bonchev–Trinajstić information content (AvgIpc) is 3.49. The SMILES string of the molecule is Cn1ccnc1CN(Cc1nc(C2CC2)no1)C1CC12CCNCC2. The van der Waals surface area contributed by atoms with E-state index in [0.29, 0.717) is 17.4 Å². The lowest BCUT2D eigenvalue weighted by Crippen LogP contribution is -2.36. The van der Waals surface area contributed by atoms with Gasteiger partial charge in [0.1, 0.15) is 5.82 Å². The summed E-state index contributed by atoms with van der Waals surface area (Å²) in [5.41, 5.74) is 0.482. The molecule has 0 radical (unpaired) electrons. The van der Waals surface area contributed by atoms with E-state index in [-0.39, 0.29) is 0 Å². The van der Waals surface area contributed by atoms with Crippen molar-refractivity contribution in [1.29, 1.82) is 0 Å². The fourth-order valence-corrected chi connectivity index (χ4v) is 4.32. The van der Waals surface area contributed by atoms with Gasteiger partial charge in [-0.25, -0.2) is 4.98 Å². The third-order valence-electron chi connectivity index (χ3n) is 6.22. The second-order valence-corrected chi connectivity index (χ2v) is 8.01. The van der Waals surface area contributed by atoms with Gasteiger partial charge in [-0.1, -0.05) is 5.16 Å². The first kappa shape index (κ1) is 15.5. The Morgan fingerprint density at radius 3 is 2.88 bits per heavy atom. The van der Waals surface area contributed by atoms with E-state index in [0.717, 1.165) is 43.7 Å². The molecule has 134 valence electrons. The lowest BCUT2D eigenvalue weighted by atomic mass is 9.93. The Labute approximate surface area is 147 Å². The zero-order valence-corrected chi connectivity index (χ0v) is 14.8. The van der Waals surface area contributed by atoms with E-state index in [9.17, 15) is 0 Å². The molecule has 1 unspecified atom stereocenters. The van der Waals surface area contributed by atoms with E-state index in [2.05, 4.69) is 37.0 Å². The molecule has 3 heterocycles. The van der Waals surface area contributed by atoms with Gasteiger partial charge in [-0.2, -0.15) is 4.98 Å². The zero-order valence-electron chi connectivity index (χ0n) is 14.8. The summed E-state index contributed by atoms with van der Waals surface area (Å²) >= 11 is 0. The van der Waals surface area contributed by atoms with Gasteiger partial charge in [0.25, 0.3) is 0 Å². The molecule has 2 saturated carbocycles. The number of rotatable bonds is 6. The molecule has 1 saturated heterocycles. The van der Waals surface area contributed by atoms with Crippen LogP contribution in [0.5, 0.6) is 0 Å². The third-order valence-corrected chi connectivity index (χ3v) is 6.22. The Bertz CT molecular complexity index is 742. The minimum absolute atomic E-state index is 0.482. The third kappa shape index (κ3) is 3.00. The van der Waals surface area contributed by atoms with Crippen LogP contribution in [-0.2, 0) is 20.1 Å². The summed E-state index contributed by atoms with van der Waals surface area (Å²) in [5, 5.41) is 7.68. The second-order valence-electron chi connectivity index (χ2n) is 8.01. The largest absolute Gasteiger partial charge is 0.338 e. The van der Waals surface area contributed by atoms with Gasteiger partial charge in [0.15, 0.2) is 5.82 Å². The molecule has 1 aliphatic heterocycles. The van der Waals surface area contributed by atoms with Crippen LogP contribution < -0.4 is 5.32 Å². The highest BCUT2D eigenvalue weighted by Gasteiger charge is 2.56. The van der Waals surface area contributed by atoms with E-state index in [1.165, 1.54) is 32.1 Å². The Morgan fingerprint density at radius 1 is 1.32 bits per heavy atom. The number of aromatic nitrogens is 4. The molecule has 1 spiro atoms. The summed E-state index contributed by atoms with van der Waals surface area (Å²) in [6.45, 7) is 3.84. The van der Waals surface area contributed by atoms with Crippen LogP contribution in [-0.4, -0.2) is 43.7 Å². The van der Waals surface area contributed by atoms with Crippen LogP contribution in [0.15, 0.2) is 16.9 Å². The number of hydrogen-bond acceptors (Lipinski definition) is 6. The summed E-state index contributed by atoms with van der Waals surface area (Å²) in [4.78, 5) is 11.7. The fourth-order valence-electron chi connectivity index (χ4n) is 4.32. The van der Waals surface area contributed by atoms with Gasteiger partial charge < -0.3 is 14.4 Å². The summed E-state index contributed by atoms with van der Waals surface area (Å²) in [7, 11) is 2.06. The highest BCUT2D eigenvalue weighted by molar-refractivity contribution is 5.12. The first-order valence-electron chi connectivity index (χ1n) is 9.47. The van der Waals surface area contributed by atoms with Crippen molar-refractivity contribution in [3.05, 3.63) is 29.9 Å². The molecule has 7 nitrogen and oxygen atoms in total. The van der Waals surface area contributed by atoms with Crippen LogP contribution in [0.4, 0.5) is 0 Å². The highest BCUT2D eigenvalue weighted by atomic mass is 16.5. The highest BCUT2D eigenvalue weighted by Crippen LogP contribution is 2.56. The molecule has 3 fully saturated rings. The van der Waals surface area contributed by atoms with Crippen LogP contribution >= 0.6 is 0 Å². The van der Waals surface area contributed by atoms with Crippen LogP contribution in [0, 0.1) is 5.41 Å². The topological polar surface area (TPSA) is 72.0 Å². The number of aryl methyl sites for hydroxylation is 1. The maximum Gasteiger partial charge on any atom is 0.240 e. The van der Waals surface area contributed by atoms with Gasteiger partial charge in [0.05, 0.1) is 13.1 Å². The molecule has 0 bridgehead atoms. The first-order chi connectivity index (χ1) is 12.2. The van der Waals surface area contributed by atoms with Crippen LogP contribution in [0.25, 0.3) is 0 Å². The Morgan fingerprint density at radius 2 is 2.16 bits per heavy atom. The van der Waals surface area contributed by atoms with Crippen molar-refractivity contribution in [2.45, 2.75) is 57.2 Å². The Hall–Kier alpha value is -1.73. The van der Waals surface area contributed by atoms with Gasteiger partial charge in [-0.3, -0.25) is 4.90 Å². The molecule has 1 N–H and O–H groups in total. The number of piperidine rings is 1. The molecule has 1 atom stereocenters. The Kier molecular flexibility index (Phi) is 3.67. The van der Waals surface area contributed by atoms with Gasteiger partial charge in [0.2, 0.25) is 5.89 Å². The minimum Gasteiger partial charge on any atom is -0.338 e. The van der Waals surface area contributed by atoms with Crippen molar-refractivity contribution < 1.29 is 4.52 Å². The van der Waals surface area contributed by atoms with E-state index >= 15 is 0 Å². The normalized spacial score (nSPS) is 25.0. The molecular formula is C18H26N6O. The van der Waals surface area contributed by atoms with Gasteiger partial charge in [0, 0.05) is 31.4 Å². The van der Waals surface area contributed by atoms with Crippen molar-refractivity contribution >= 4 is 0 Å². The molecule has 25 heavy (non-hydrogen) atoms. The summed E-state index contributed by atoms with van der Waals surface area (Å²) in [6.07, 6.45) is 10.1. The lowest BCUT2D eigenvalue weighted by molar-refractivity contribution is 0.163. The summed E-state index contributed by atoms with van der Waals surface area (Å²) < 4.78 is 7.66. The molecule has 0 amide bonds. The van der Waals surface area contributed by atoms with Crippen LogP contribution in [0.2, 0.25) is 0 Å². The molecule has 3 aliphatic rings. The van der Waals surface area contributed by atoms with Crippen molar-refractivity contribution in [2.24, 2.45) is 12.5 Å². The predicted octanol–water partition coefficient (Wildman–Crippen LogP) is 1.82. The predicted molar refractivity (Wildman–Crippen MR) is 91.7 cm³/mol. The summed E-state index contributed by atoms with van der Waals surface area (Å²) in [6, 6.07) is 0.600. The number of hydrogen-bond donors (Lipinski definition) is 1. The standard InChI is InChI=1S/C18H26N6O/c1-23-9-8-20-15(23)11-24(14-10-18(14)4-6-19-7-5-18)12-16-21-17(22-25-16)13-2-3-13/h8-9,13-14,19H,2-7,10-12H2,1H3. The quantitative estimate of drug-likeness (QED) is 0.863. The van der Waals surface area contributed by atoms with Crippen LogP contribution in [0.1, 0.15) is 55.6 Å². The van der Waals surface area contributed by atoms with Gasteiger partial charge in [-0.05, 0) is 50.6 Å². The maximum atomic E-state index is 5.56. The maximum absolute atomic E-state index is 5.56. The molecule has 0 aromatic carbocycles. The van der Waals surface area contributed by atoms with E-state index in [4.69, 9.17) is 4.52 Å². The number of nitrogens with zero attached hydrogens (tertiary/aromatic N) is 5. The van der Waals surface area contributed by atoms with Crippen molar-refractivity contribution in [3.63, 3.8) is 0 Å². The zero-order chi connectivity index (χ0) is 16.9. The van der Waals surface area contributed by atoms with Crippen LogP contribution in [0.3, 0.4) is 0 Å². The van der Waals surface area contributed by atoms with Crippen molar-refractivity contribution in [3.8, 4) is 0 Å². The summed E-state index contributed by atoms with van der Waals surface area (Å²) in [5.74, 6) is 3.29. The smallest absolute Gasteiger partial charge is 0.240 e. The monoisotopic (exact) mass is 342 g/mol. The first-order valence-corrected chi connectivity index (χ1v) is 9.47. The average molecular weight is 342 g/mol. The fraction of sp³-hybridized carbons (Fsp3) is 0.722. The molecular weight excluding hydrogens is 316 g/mol. The van der Waals surface area contributed by atoms with E-state index in [1.54, 1.807) is 0 Å². The molecule has 7 heteroatoms. The lowest BCUT2D eigenvalue weighted by Gasteiger charge is -2.28. The second kappa shape index (κ2) is 5.92. The number of imidazole rings is 1. The van der Waals surface area contributed by atoms with Crippen molar-refractivity contribution in [1.82, 2.24) is 29.9 Å². The molecule has 2 aromatic heterocycles. The number of nitrogens with one attached hydrogen (secondary N) is 1. The van der Waals surface area contributed by atoms with Crippen molar-refractivity contribution in [2.75, 3.05) is 13.1 Å². The van der Waals surface area contributed by atoms with E-state index in [1.807, 2.05) is 12.4 Å². The van der Waals surface area contributed by atoms with Gasteiger partial charge >= 0.3 is 0 Å². The molecule has 5 rings (SSSR count). The van der Waals surface area contributed by atoms with Gasteiger partial charge in [-0.15, -0.1) is 0 Å². The Balaban J connectivity index is 1.34. The molecule has 2 aliphatic carbocycles. The van der Waals surface area contributed by atoms with E-state index < -0.39 is 0 Å². The molecule has 2 aromatic rings.